The quantitative estimate of drug-likeness (QED) is 0.653. The van der Waals surface area contributed by atoms with Gasteiger partial charge in [-0.05, 0) is 24.6 Å². The molecule has 0 atom stereocenters. The zero-order valence-electron chi connectivity index (χ0n) is 9.36. The Hall–Kier alpha value is -1.89. The second-order valence-corrected chi connectivity index (χ2v) is 3.44. The Kier molecular flexibility index (Phi) is 5.00. The van der Waals surface area contributed by atoms with E-state index in [1.54, 1.807) is 18.2 Å². The van der Waals surface area contributed by atoms with Crippen LogP contribution in [-0.2, 0) is 0 Å². The summed E-state index contributed by atoms with van der Waals surface area (Å²) in [5.74, 6) is -0.178. The van der Waals surface area contributed by atoms with Crippen molar-refractivity contribution in [2.24, 2.45) is 0 Å². The van der Waals surface area contributed by atoms with Crippen LogP contribution in [0.4, 0.5) is 4.39 Å². The summed E-state index contributed by atoms with van der Waals surface area (Å²) in [5, 5.41) is 0. The number of halogens is 1. The third-order valence-corrected chi connectivity index (χ3v) is 2.00. The molecule has 0 aromatic heterocycles. The second-order valence-electron chi connectivity index (χ2n) is 3.44. The number of allylic oxidation sites excluding steroid dienone is 1. The van der Waals surface area contributed by atoms with E-state index >= 15 is 0 Å². The van der Waals surface area contributed by atoms with Crippen molar-refractivity contribution >= 4 is 5.57 Å². The molecule has 0 aliphatic carbocycles. The molecule has 0 aliphatic rings. The molecule has 0 nitrogen and oxygen atoms in total. The fraction of sp³-hybridized carbons (Fsp3) is 0.0667. The maximum Gasteiger partial charge on any atom is 0.123 e. The van der Waals surface area contributed by atoms with E-state index in [9.17, 15) is 4.39 Å². The van der Waals surface area contributed by atoms with E-state index in [2.05, 4.69) is 18.7 Å². The van der Waals surface area contributed by atoms with E-state index in [0.717, 1.165) is 5.57 Å². The third-order valence-electron chi connectivity index (χ3n) is 2.00. The monoisotopic (exact) mass is 214 g/mol. The molecule has 0 saturated carbocycles. The molecule has 16 heavy (non-hydrogen) atoms. The summed E-state index contributed by atoms with van der Waals surface area (Å²) in [5.41, 5.74) is 2.34. The Morgan fingerprint density at radius 2 is 1.31 bits per heavy atom. The number of hydrogen-bond donors (Lipinski definition) is 0. The largest absolute Gasteiger partial charge is 0.207 e. The van der Waals surface area contributed by atoms with Crippen molar-refractivity contribution in [1.82, 2.24) is 0 Å². The highest BCUT2D eigenvalue weighted by Gasteiger charge is 1.86. The third kappa shape index (κ3) is 4.56. The molecule has 0 unspecified atom stereocenters. The van der Waals surface area contributed by atoms with Crippen molar-refractivity contribution in [3.8, 4) is 0 Å². The zero-order valence-corrected chi connectivity index (χ0v) is 9.36. The van der Waals surface area contributed by atoms with Crippen LogP contribution in [0, 0.1) is 5.82 Å². The van der Waals surface area contributed by atoms with Crippen molar-refractivity contribution in [2.75, 3.05) is 0 Å². The van der Waals surface area contributed by atoms with Crippen molar-refractivity contribution in [3.63, 3.8) is 0 Å². The molecule has 2 aromatic rings. The molecular formula is C15H15F. The fourth-order valence-corrected chi connectivity index (χ4v) is 1.14. The lowest BCUT2D eigenvalue weighted by Gasteiger charge is -1.94. The van der Waals surface area contributed by atoms with Crippen LogP contribution in [0.5, 0.6) is 0 Å². The predicted octanol–water partition coefficient (Wildman–Crippen LogP) is 4.55. The van der Waals surface area contributed by atoms with Crippen molar-refractivity contribution in [2.45, 2.75) is 6.92 Å². The zero-order chi connectivity index (χ0) is 11.8. The molecule has 2 aromatic carbocycles. The summed E-state index contributed by atoms with van der Waals surface area (Å²) >= 11 is 0. The first-order chi connectivity index (χ1) is 7.70. The molecule has 2 rings (SSSR count). The minimum Gasteiger partial charge on any atom is -0.207 e. The normalized spacial score (nSPS) is 8.88. The Balaban J connectivity index is 0.000000165. The molecule has 0 fully saturated rings. The molecular weight excluding hydrogens is 199 g/mol. The molecule has 0 saturated heterocycles. The van der Waals surface area contributed by atoms with E-state index in [4.69, 9.17) is 0 Å². The summed E-state index contributed by atoms with van der Waals surface area (Å²) in [6.45, 7) is 5.83. The first kappa shape index (κ1) is 12.2. The van der Waals surface area contributed by atoms with Crippen molar-refractivity contribution in [1.29, 1.82) is 0 Å². The van der Waals surface area contributed by atoms with E-state index < -0.39 is 0 Å². The topological polar surface area (TPSA) is 0 Å². The minimum atomic E-state index is -0.178. The van der Waals surface area contributed by atoms with Gasteiger partial charge in [0.2, 0.25) is 0 Å². The van der Waals surface area contributed by atoms with Crippen LogP contribution in [0.1, 0.15) is 12.5 Å². The molecule has 0 spiro atoms. The highest BCUT2D eigenvalue weighted by molar-refractivity contribution is 5.60. The van der Waals surface area contributed by atoms with Gasteiger partial charge in [-0.15, -0.1) is 0 Å². The van der Waals surface area contributed by atoms with E-state index in [-0.39, 0.29) is 5.82 Å². The molecule has 1 heteroatoms. The number of hydrogen-bond acceptors (Lipinski definition) is 0. The van der Waals surface area contributed by atoms with Gasteiger partial charge in [0.1, 0.15) is 5.82 Å². The van der Waals surface area contributed by atoms with Crippen LogP contribution in [-0.4, -0.2) is 0 Å². The first-order valence-electron chi connectivity index (χ1n) is 5.11. The summed E-state index contributed by atoms with van der Waals surface area (Å²) in [4.78, 5) is 0. The van der Waals surface area contributed by atoms with Crippen molar-refractivity contribution < 1.29 is 4.39 Å². The highest BCUT2D eigenvalue weighted by Crippen LogP contribution is 2.08. The van der Waals surface area contributed by atoms with E-state index in [1.807, 2.05) is 25.1 Å². The minimum absolute atomic E-state index is 0.178. The van der Waals surface area contributed by atoms with Gasteiger partial charge < -0.3 is 0 Å². The van der Waals surface area contributed by atoms with Crippen LogP contribution < -0.4 is 0 Å². The molecule has 0 radical (unpaired) electrons. The molecule has 0 N–H and O–H groups in total. The lowest BCUT2D eigenvalue weighted by Crippen LogP contribution is -1.72. The van der Waals surface area contributed by atoms with E-state index in [0.29, 0.717) is 0 Å². The maximum absolute atomic E-state index is 11.9. The molecule has 0 bridgehead atoms. The van der Waals surface area contributed by atoms with Gasteiger partial charge in [0.15, 0.2) is 0 Å². The Labute approximate surface area is 96.1 Å². The highest BCUT2D eigenvalue weighted by atomic mass is 19.1. The van der Waals surface area contributed by atoms with Crippen LogP contribution in [0.2, 0.25) is 0 Å². The molecule has 0 amide bonds. The standard InChI is InChI=1S/C9H10.C6H5F/c1-8(2)9-6-4-3-5-7-9;7-6-4-2-1-3-5-6/h3-7H,1H2,2H3;1-5H. The summed E-state index contributed by atoms with van der Waals surface area (Å²) in [6.07, 6.45) is 0. The van der Waals surface area contributed by atoms with Gasteiger partial charge in [0.05, 0.1) is 0 Å². The smallest absolute Gasteiger partial charge is 0.123 e. The molecule has 0 aliphatic heterocycles. The lowest BCUT2D eigenvalue weighted by molar-refractivity contribution is 0.628. The average molecular weight is 214 g/mol. The number of benzene rings is 2. The summed E-state index contributed by atoms with van der Waals surface area (Å²) < 4.78 is 11.9. The van der Waals surface area contributed by atoms with Gasteiger partial charge in [-0.1, -0.05) is 60.7 Å². The SMILES string of the molecule is C=C(C)c1ccccc1.Fc1ccccc1. The van der Waals surface area contributed by atoms with E-state index in [1.165, 1.54) is 17.7 Å². The summed E-state index contributed by atoms with van der Waals surface area (Å²) in [6, 6.07) is 18.1. The molecule has 0 heterocycles. The van der Waals surface area contributed by atoms with Crippen LogP contribution in [0.25, 0.3) is 5.57 Å². The van der Waals surface area contributed by atoms with Crippen LogP contribution >= 0.6 is 0 Å². The maximum atomic E-state index is 11.9. The van der Waals surface area contributed by atoms with Gasteiger partial charge in [0, 0.05) is 0 Å². The van der Waals surface area contributed by atoms with Gasteiger partial charge in [-0.25, -0.2) is 4.39 Å². The van der Waals surface area contributed by atoms with Gasteiger partial charge >= 0.3 is 0 Å². The van der Waals surface area contributed by atoms with Crippen LogP contribution in [0.3, 0.4) is 0 Å². The number of rotatable bonds is 1. The Morgan fingerprint density at radius 1 is 0.875 bits per heavy atom. The lowest BCUT2D eigenvalue weighted by atomic mass is 10.1. The predicted molar refractivity (Wildman–Crippen MR) is 67.6 cm³/mol. The summed E-state index contributed by atoms with van der Waals surface area (Å²) in [7, 11) is 0. The second kappa shape index (κ2) is 6.57. The van der Waals surface area contributed by atoms with Crippen LogP contribution in [0.15, 0.2) is 67.2 Å². The Morgan fingerprint density at radius 3 is 1.56 bits per heavy atom. The van der Waals surface area contributed by atoms with Gasteiger partial charge in [0.25, 0.3) is 0 Å². The average Bonchev–Trinajstić information content (AvgIpc) is 2.32. The van der Waals surface area contributed by atoms with Gasteiger partial charge in [-0.2, -0.15) is 0 Å². The molecule has 82 valence electrons. The first-order valence-corrected chi connectivity index (χ1v) is 5.11. The van der Waals surface area contributed by atoms with Gasteiger partial charge in [-0.3, -0.25) is 0 Å². The fourth-order valence-electron chi connectivity index (χ4n) is 1.14. The Bertz CT molecular complexity index is 418. The van der Waals surface area contributed by atoms with Crippen molar-refractivity contribution in [3.05, 3.63) is 78.6 Å².